The molecule has 5 aromatic rings. The van der Waals surface area contributed by atoms with E-state index in [0.29, 0.717) is 10.7 Å². The molecule has 3 aromatic heterocycles. The zero-order chi connectivity index (χ0) is 25.2. The van der Waals surface area contributed by atoms with Gasteiger partial charge in [0.15, 0.2) is 5.13 Å². The lowest BCUT2D eigenvalue weighted by Crippen LogP contribution is -2.14. The summed E-state index contributed by atoms with van der Waals surface area (Å²) in [6.45, 7) is 0.838. The second kappa shape index (κ2) is 9.76. The first kappa shape index (κ1) is 23.5. The maximum Gasteiger partial charge on any atom is 0.255 e. The fraction of sp³-hybridized carbons (Fsp3) is 0.115. The number of fused-ring (bicyclic) bond motifs is 1. The van der Waals surface area contributed by atoms with Gasteiger partial charge >= 0.3 is 0 Å². The molecule has 2 aromatic carbocycles. The number of anilines is 4. The number of aromatic nitrogens is 3. The smallest absolute Gasteiger partial charge is 0.255 e. The number of nitrogen functional groups attached to an aromatic ring is 1. The summed E-state index contributed by atoms with van der Waals surface area (Å²) in [5.74, 6) is -1.03. The molecule has 0 aliphatic heterocycles. The van der Waals surface area contributed by atoms with Crippen molar-refractivity contribution in [3.05, 3.63) is 90.1 Å². The Labute approximate surface area is 211 Å². The molecule has 0 aliphatic carbocycles. The van der Waals surface area contributed by atoms with Crippen LogP contribution >= 0.6 is 11.3 Å². The molecule has 5 rings (SSSR count). The number of para-hydroxylation sites is 1. The van der Waals surface area contributed by atoms with Gasteiger partial charge in [-0.05, 0) is 62.1 Å². The van der Waals surface area contributed by atoms with Crippen molar-refractivity contribution in [2.75, 3.05) is 30.5 Å². The highest BCUT2D eigenvalue weighted by atomic mass is 32.1. The molecule has 0 spiro atoms. The Bertz CT molecular complexity index is 1520. The Morgan fingerprint density at radius 1 is 1.08 bits per heavy atom. The number of carbonyl (C=O) groups excluding carboxylic acids is 1. The molecule has 0 atom stereocenters. The number of nitrogens with zero attached hydrogens (tertiary/aromatic N) is 4. The molecule has 0 radical (unpaired) electrons. The topological polar surface area (TPSA) is 101 Å². The molecule has 10 heteroatoms. The molecule has 4 N–H and O–H groups in total. The third-order valence-electron chi connectivity index (χ3n) is 5.51. The lowest BCUT2D eigenvalue weighted by molar-refractivity contribution is 0.102. The van der Waals surface area contributed by atoms with E-state index >= 15 is 0 Å². The Morgan fingerprint density at radius 3 is 2.64 bits per heavy atom. The number of thiazole rings is 1. The first-order valence-corrected chi connectivity index (χ1v) is 12.0. The van der Waals surface area contributed by atoms with E-state index < -0.39 is 11.7 Å². The monoisotopic (exact) mass is 501 g/mol. The SMILES string of the molecule is CN(C)Cc1ccc2ncc(-c3cnc(Nc4ccc(C(=O)Nc5c(N)cccc5F)cc4)s3)n2c1. The predicted molar refractivity (Wildman–Crippen MR) is 142 cm³/mol. The van der Waals surface area contributed by atoms with Gasteiger partial charge in [0.25, 0.3) is 5.91 Å². The van der Waals surface area contributed by atoms with Crippen molar-refractivity contribution >= 4 is 45.1 Å². The van der Waals surface area contributed by atoms with Gasteiger partial charge in [0.05, 0.1) is 22.5 Å². The number of rotatable bonds is 7. The average Bonchev–Trinajstić information content (AvgIpc) is 3.48. The Kier molecular flexibility index (Phi) is 6.36. The van der Waals surface area contributed by atoms with E-state index in [1.165, 1.54) is 35.1 Å². The van der Waals surface area contributed by atoms with Gasteiger partial charge in [-0.3, -0.25) is 9.20 Å². The summed E-state index contributed by atoms with van der Waals surface area (Å²) in [5.41, 5.74) is 10.1. The largest absolute Gasteiger partial charge is 0.397 e. The third kappa shape index (κ3) is 4.90. The summed E-state index contributed by atoms with van der Waals surface area (Å²) in [6, 6.07) is 15.2. The number of nitrogens with one attached hydrogen (secondary N) is 2. The number of hydrogen-bond donors (Lipinski definition) is 3. The molecule has 182 valence electrons. The van der Waals surface area contributed by atoms with Gasteiger partial charge in [0.1, 0.15) is 17.2 Å². The molecule has 0 fully saturated rings. The second-order valence-electron chi connectivity index (χ2n) is 8.54. The first-order valence-electron chi connectivity index (χ1n) is 11.2. The van der Waals surface area contributed by atoms with Gasteiger partial charge in [0, 0.05) is 30.2 Å². The maximum atomic E-state index is 14.0. The first-order chi connectivity index (χ1) is 17.4. The number of benzene rings is 2. The number of amides is 1. The van der Waals surface area contributed by atoms with Crippen LogP contribution in [0.2, 0.25) is 0 Å². The molecule has 0 saturated heterocycles. The minimum absolute atomic E-state index is 0.0266. The van der Waals surface area contributed by atoms with E-state index in [9.17, 15) is 9.18 Å². The summed E-state index contributed by atoms with van der Waals surface area (Å²) >= 11 is 1.51. The molecule has 8 nitrogen and oxygen atoms in total. The third-order valence-corrected chi connectivity index (χ3v) is 6.44. The average molecular weight is 502 g/mol. The molecule has 1 amide bonds. The summed E-state index contributed by atoms with van der Waals surface area (Å²) in [4.78, 5) is 24.7. The fourth-order valence-corrected chi connectivity index (χ4v) is 4.65. The van der Waals surface area contributed by atoms with Gasteiger partial charge in [-0.15, -0.1) is 0 Å². The highest BCUT2D eigenvalue weighted by Gasteiger charge is 2.13. The molecule has 0 bridgehead atoms. The zero-order valence-electron chi connectivity index (χ0n) is 19.7. The number of nitrogens with two attached hydrogens (primary N) is 1. The van der Waals surface area contributed by atoms with Gasteiger partial charge in [-0.25, -0.2) is 14.4 Å². The number of halogens is 1. The second-order valence-corrected chi connectivity index (χ2v) is 9.57. The van der Waals surface area contributed by atoms with E-state index in [1.54, 1.807) is 24.3 Å². The summed E-state index contributed by atoms with van der Waals surface area (Å²) in [5, 5.41) is 6.51. The van der Waals surface area contributed by atoms with Crippen LogP contribution in [0.4, 0.5) is 26.6 Å². The molecule has 36 heavy (non-hydrogen) atoms. The van der Waals surface area contributed by atoms with Crippen LogP contribution in [0.3, 0.4) is 0 Å². The van der Waals surface area contributed by atoms with Crippen molar-refractivity contribution in [2.45, 2.75) is 6.54 Å². The van der Waals surface area contributed by atoms with Crippen LogP contribution in [0, 0.1) is 5.82 Å². The highest BCUT2D eigenvalue weighted by Crippen LogP contribution is 2.31. The van der Waals surface area contributed by atoms with Crippen LogP contribution in [0.25, 0.3) is 16.2 Å². The lowest BCUT2D eigenvalue weighted by atomic mass is 10.2. The molecular formula is C26H24FN7OS. The van der Waals surface area contributed by atoms with Crippen LogP contribution in [-0.4, -0.2) is 39.3 Å². The molecular weight excluding hydrogens is 477 g/mol. The number of hydrogen-bond acceptors (Lipinski definition) is 7. The van der Waals surface area contributed by atoms with Gasteiger partial charge in [-0.1, -0.05) is 23.5 Å². The lowest BCUT2D eigenvalue weighted by Gasteiger charge is -2.10. The summed E-state index contributed by atoms with van der Waals surface area (Å²) < 4.78 is 16.1. The predicted octanol–water partition coefficient (Wildman–Crippen LogP) is 5.24. The van der Waals surface area contributed by atoms with Gasteiger partial charge in [-0.2, -0.15) is 0 Å². The Hall–Kier alpha value is -4.28. The number of pyridine rings is 1. The minimum Gasteiger partial charge on any atom is -0.397 e. The van der Waals surface area contributed by atoms with Gasteiger partial charge in [0.2, 0.25) is 0 Å². The van der Waals surface area contributed by atoms with Crippen molar-refractivity contribution in [1.82, 2.24) is 19.3 Å². The van der Waals surface area contributed by atoms with E-state index in [1.807, 2.05) is 32.6 Å². The van der Waals surface area contributed by atoms with Crippen molar-refractivity contribution in [3.8, 4) is 10.6 Å². The van der Waals surface area contributed by atoms with Crippen molar-refractivity contribution in [3.63, 3.8) is 0 Å². The van der Waals surface area contributed by atoms with Crippen LogP contribution < -0.4 is 16.4 Å². The fourth-order valence-electron chi connectivity index (χ4n) is 3.80. The minimum atomic E-state index is -0.582. The summed E-state index contributed by atoms with van der Waals surface area (Å²) in [7, 11) is 4.08. The Balaban J connectivity index is 1.30. The van der Waals surface area contributed by atoms with Crippen LogP contribution in [0.5, 0.6) is 0 Å². The Morgan fingerprint density at radius 2 is 1.89 bits per heavy atom. The molecule has 3 heterocycles. The molecule has 0 aliphatic rings. The zero-order valence-corrected chi connectivity index (χ0v) is 20.5. The standard InChI is InChI=1S/C26H24FN7OS/c1-33(2)14-16-6-11-23-29-12-21(34(23)15-16)22-13-30-26(36-22)31-18-9-7-17(8-10-18)25(35)32-24-19(27)4-3-5-20(24)28/h3-13,15H,14,28H2,1-2H3,(H,30,31)(H,32,35). The van der Waals surface area contributed by atoms with Crippen LogP contribution in [0.1, 0.15) is 15.9 Å². The van der Waals surface area contributed by atoms with Gasteiger partial charge < -0.3 is 21.3 Å². The van der Waals surface area contributed by atoms with Crippen LogP contribution in [-0.2, 0) is 6.54 Å². The van der Waals surface area contributed by atoms with E-state index in [2.05, 4.69) is 42.2 Å². The summed E-state index contributed by atoms with van der Waals surface area (Å²) in [6.07, 6.45) is 5.76. The van der Waals surface area contributed by atoms with E-state index in [0.717, 1.165) is 28.5 Å². The normalized spacial score (nSPS) is 11.2. The van der Waals surface area contributed by atoms with E-state index in [-0.39, 0.29) is 11.4 Å². The highest BCUT2D eigenvalue weighted by molar-refractivity contribution is 7.18. The molecule has 0 unspecified atom stereocenters. The molecule has 0 saturated carbocycles. The van der Waals surface area contributed by atoms with Crippen molar-refractivity contribution < 1.29 is 9.18 Å². The van der Waals surface area contributed by atoms with Crippen molar-refractivity contribution in [2.24, 2.45) is 0 Å². The van der Waals surface area contributed by atoms with Crippen molar-refractivity contribution in [1.29, 1.82) is 0 Å². The number of imidazole rings is 1. The quantitative estimate of drug-likeness (QED) is 0.264. The van der Waals surface area contributed by atoms with E-state index in [4.69, 9.17) is 5.73 Å². The maximum absolute atomic E-state index is 14.0. The van der Waals surface area contributed by atoms with Crippen LogP contribution in [0.15, 0.2) is 73.2 Å². The number of carbonyl (C=O) groups is 1.